The van der Waals surface area contributed by atoms with Crippen LogP contribution in [0.1, 0.15) is 38.2 Å². The summed E-state index contributed by atoms with van der Waals surface area (Å²) in [6, 6.07) is 2.09. The maximum absolute atomic E-state index is 13.7. The number of benzene rings is 1. The van der Waals surface area contributed by atoms with E-state index in [-0.39, 0.29) is 17.5 Å². The lowest BCUT2D eigenvalue weighted by Gasteiger charge is -2.18. The maximum Gasteiger partial charge on any atom is 0.261 e. The van der Waals surface area contributed by atoms with Crippen molar-refractivity contribution in [1.82, 2.24) is 5.32 Å². The molecule has 1 amide bonds. The van der Waals surface area contributed by atoms with Crippen LogP contribution >= 0.6 is 0 Å². The Balaban J connectivity index is 2.01. The molecular weight excluding hydrogens is 280 g/mol. The van der Waals surface area contributed by atoms with Crippen LogP contribution in [0.3, 0.4) is 0 Å². The second-order valence-corrected chi connectivity index (χ2v) is 5.30. The number of halogens is 2. The Morgan fingerprint density at radius 3 is 2.48 bits per heavy atom. The number of carbonyl (C=O) groups excluding carboxylic acids is 1. The highest BCUT2D eigenvalue weighted by Gasteiger charge is 2.23. The van der Waals surface area contributed by atoms with Gasteiger partial charge >= 0.3 is 0 Å². The number of hydrogen-bond acceptors (Lipinski definition) is 3. The van der Waals surface area contributed by atoms with Crippen molar-refractivity contribution in [2.24, 2.45) is 0 Å². The van der Waals surface area contributed by atoms with Crippen molar-refractivity contribution in [1.29, 1.82) is 0 Å². The van der Waals surface area contributed by atoms with Crippen LogP contribution in [0.5, 0.6) is 5.75 Å². The SMILES string of the molecule is CC(Oc1c(F)cc(CO)cc1F)C(=O)NC1CCCC1. The summed E-state index contributed by atoms with van der Waals surface area (Å²) in [5.74, 6) is -2.84. The van der Waals surface area contributed by atoms with E-state index >= 15 is 0 Å². The van der Waals surface area contributed by atoms with Crippen LogP contribution in [-0.2, 0) is 11.4 Å². The van der Waals surface area contributed by atoms with E-state index in [0.29, 0.717) is 0 Å². The van der Waals surface area contributed by atoms with Gasteiger partial charge in [0.1, 0.15) is 0 Å². The molecule has 1 aromatic carbocycles. The second kappa shape index (κ2) is 6.85. The Morgan fingerprint density at radius 2 is 1.95 bits per heavy atom. The summed E-state index contributed by atoms with van der Waals surface area (Å²) in [5, 5.41) is 11.7. The first-order chi connectivity index (χ1) is 10.0. The molecule has 0 spiro atoms. The van der Waals surface area contributed by atoms with Gasteiger partial charge in [-0.15, -0.1) is 0 Å². The molecule has 0 bridgehead atoms. The molecule has 1 saturated carbocycles. The molecule has 1 aliphatic carbocycles. The largest absolute Gasteiger partial charge is 0.475 e. The molecule has 1 fully saturated rings. The van der Waals surface area contributed by atoms with Crippen molar-refractivity contribution in [3.05, 3.63) is 29.3 Å². The van der Waals surface area contributed by atoms with Crippen molar-refractivity contribution in [3.8, 4) is 5.75 Å². The molecule has 0 aromatic heterocycles. The molecule has 1 aliphatic rings. The first kappa shape index (κ1) is 15.7. The van der Waals surface area contributed by atoms with Crippen molar-refractivity contribution in [2.75, 3.05) is 0 Å². The second-order valence-electron chi connectivity index (χ2n) is 5.30. The fraction of sp³-hybridized carbons (Fsp3) is 0.533. The molecule has 2 N–H and O–H groups in total. The average molecular weight is 299 g/mol. The Kier molecular flexibility index (Phi) is 5.12. The van der Waals surface area contributed by atoms with Gasteiger partial charge in [-0.05, 0) is 37.5 Å². The quantitative estimate of drug-likeness (QED) is 0.877. The van der Waals surface area contributed by atoms with Crippen molar-refractivity contribution < 1.29 is 23.4 Å². The summed E-state index contributed by atoms with van der Waals surface area (Å²) in [7, 11) is 0. The standard InChI is InChI=1S/C15H19F2NO3/c1-9(15(20)18-11-4-2-3-5-11)21-14-12(16)6-10(8-19)7-13(14)17/h6-7,9,11,19H,2-5,8H2,1H3,(H,18,20). The Morgan fingerprint density at radius 1 is 1.38 bits per heavy atom. The van der Waals surface area contributed by atoms with E-state index in [1.165, 1.54) is 6.92 Å². The fourth-order valence-corrected chi connectivity index (χ4v) is 2.44. The normalized spacial score (nSPS) is 16.8. The van der Waals surface area contributed by atoms with Gasteiger partial charge in [-0.2, -0.15) is 0 Å². The van der Waals surface area contributed by atoms with Crippen LogP contribution in [0, 0.1) is 11.6 Å². The van der Waals surface area contributed by atoms with Crippen LogP contribution in [-0.4, -0.2) is 23.2 Å². The first-order valence-corrected chi connectivity index (χ1v) is 7.07. The zero-order valence-corrected chi connectivity index (χ0v) is 11.9. The fourth-order valence-electron chi connectivity index (χ4n) is 2.44. The molecule has 1 aromatic rings. The zero-order valence-electron chi connectivity index (χ0n) is 11.9. The smallest absolute Gasteiger partial charge is 0.261 e. The number of aliphatic hydroxyl groups is 1. The Hall–Kier alpha value is -1.69. The van der Waals surface area contributed by atoms with Gasteiger partial charge in [-0.3, -0.25) is 4.79 Å². The molecule has 0 radical (unpaired) electrons. The van der Waals surface area contributed by atoms with E-state index in [1.807, 2.05) is 0 Å². The molecule has 116 valence electrons. The van der Waals surface area contributed by atoms with Crippen LogP contribution in [0.15, 0.2) is 12.1 Å². The lowest BCUT2D eigenvalue weighted by atomic mass is 10.2. The minimum atomic E-state index is -0.991. The summed E-state index contributed by atoms with van der Waals surface area (Å²) >= 11 is 0. The molecule has 0 heterocycles. The maximum atomic E-state index is 13.7. The molecule has 0 saturated heterocycles. The molecule has 6 heteroatoms. The van der Waals surface area contributed by atoms with Crippen molar-refractivity contribution in [3.63, 3.8) is 0 Å². The third-order valence-electron chi connectivity index (χ3n) is 3.61. The number of ether oxygens (including phenoxy) is 1. The van der Waals surface area contributed by atoms with E-state index in [4.69, 9.17) is 9.84 Å². The predicted molar refractivity (Wildman–Crippen MR) is 72.8 cm³/mol. The predicted octanol–water partition coefficient (Wildman–Crippen LogP) is 2.28. The molecule has 21 heavy (non-hydrogen) atoms. The van der Waals surface area contributed by atoms with Gasteiger partial charge in [0.15, 0.2) is 23.5 Å². The number of aliphatic hydroxyl groups excluding tert-OH is 1. The highest BCUT2D eigenvalue weighted by Crippen LogP contribution is 2.25. The van der Waals surface area contributed by atoms with Crippen LogP contribution in [0.4, 0.5) is 8.78 Å². The minimum Gasteiger partial charge on any atom is -0.475 e. The number of amides is 1. The Bertz CT molecular complexity index is 493. The van der Waals surface area contributed by atoms with Crippen LogP contribution in [0.25, 0.3) is 0 Å². The van der Waals surface area contributed by atoms with E-state index in [2.05, 4.69) is 5.32 Å². The summed E-state index contributed by atoms with van der Waals surface area (Å²) in [5.41, 5.74) is 0.111. The van der Waals surface area contributed by atoms with E-state index in [1.54, 1.807) is 0 Å². The summed E-state index contributed by atoms with van der Waals surface area (Å²) in [6.07, 6.45) is 3.01. The van der Waals surface area contributed by atoms with Crippen molar-refractivity contribution in [2.45, 2.75) is 51.4 Å². The third-order valence-corrected chi connectivity index (χ3v) is 3.61. The van der Waals surface area contributed by atoms with Crippen molar-refractivity contribution >= 4 is 5.91 Å². The number of rotatable bonds is 5. The highest BCUT2D eigenvalue weighted by atomic mass is 19.1. The van der Waals surface area contributed by atoms with Crippen LogP contribution in [0.2, 0.25) is 0 Å². The monoisotopic (exact) mass is 299 g/mol. The zero-order chi connectivity index (χ0) is 15.4. The van der Waals surface area contributed by atoms with E-state index < -0.39 is 30.1 Å². The van der Waals surface area contributed by atoms with Gasteiger partial charge in [0.2, 0.25) is 0 Å². The van der Waals surface area contributed by atoms with Gasteiger partial charge < -0.3 is 15.2 Å². The van der Waals surface area contributed by atoms with Gasteiger partial charge in [0.05, 0.1) is 6.61 Å². The molecule has 2 rings (SSSR count). The molecule has 1 atom stereocenters. The number of carbonyl (C=O) groups is 1. The number of hydrogen-bond donors (Lipinski definition) is 2. The first-order valence-electron chi connectivity index (χ1n) is 7.07. The lowest BCUT2D eigenvalue weighted by molar-refractivity contribution is -0.128. The molecular formula is C15H19F2NO3. The third kappa shape index (κ3) is 3.91. The lowest BCUT2D eigenvalue weighted by Crippen LogP contribution is -2.41. The van der Waals surface area contributed by atoms with E-state index in [0.717, 1.165) is 37.8 Å². The van der Waals surface area contributed by atoms with Crippen LogP contribution < -0.4 is 10.1 Å². The summed E-state index contributed by atoms with van der Waals surface area (Å²) in [4.78, 5) is 11.9. The average Bonchev–Trinajstić information content (AvgIpc) is 2.95. The van der Waals surface area contributed by atoms with Gasteiger partial charge in [0, 0.05) is 6.04 Å². The molecule has 0 aliphatic heterocycles. The Labute approximate surface area is 122 Å². The number of nitrogens with one attached hydrogen (secondary N) is 1. The highest BCUT2D eigenvalue weighted by molar-refractivity contribution is 5.81. The summed E-state index contributed by atoms with van der Waals surface area (Å²) in [6.45, 7) is 0.981. The molecule has 4 nitrogen and oxygen atoms in total. The van der Waals surface area contributed by atoms with Gasteiger partial charge in [-0.25, -0.2) is 8.78 Å². The van der Waals surface area contributed by atoms with Gasteiger partial charge in [0.25, 0.3) is 5.91 Å². The molecule has 1 unspecified atom stereocenters. The topological polar surface area (TPSA) is 58.6 Å². The van der Waals surface area contributed by atoms with Gasteiger partial charge in [-0.1, -0.05) is 12.8 Å². The summed E-state index contributed by atoms with van der Waals surface area (Å²) < 4.78 is 32.5. The minimum absolute atomic E-state index is 0.111. The van der Waals surface area contributed by atoms with E-state index in [9.17, 15) is 13.6 Å².